The Balaban J connectivity index is 1.74. The molecule has 0 bridgehead atoms. The molecule has 0 radical (unpaired) electrons. The van der Waals surface area contributed by atoms with Crippen molar-refractivity contribution in [1.82, 2.24) is 0 Å². The number of halogens is 2. The Morgan fingerprint density at radius 1 is 0.352 bits per heavy atom. The first-order valence-corrected chi connectivity index (χ1v) is 20.1. The average molecular weight is 831 g/mol. The molecule has 0 aromatic heterocycles. The van der Waals surface area contributed by atoms with E-state index >= 15 is 0 Å². The summed E-state index contributed by atoms with van der Waals surface area (Å²) < 4.78 is 2.04. The SMILES string of the molecule is CC(C)(C)c1ccc(-c2c(-c3ccc(Br)cc3)c(-c3ccc(Br)cc3)c(-c3ccc(C(C)(C)C)cc3)c3c4ccccc4c(=O)c4ccccc4c23)cc1. The van der Waals surface area contributed by atoms with Gasteiger partial charge in [0.1, 0.15) is 0 Å². The van der Waals surface area contributed by atoms with Crippen LogP contribution in [0.1, 0.15) is 52.7 Å². The zero-order chi connectivity index (χ0) is 37.9. The molecular formula is C51H42Br2O. The van der Waals surface area contributed by atoms with Gasteiger partial charge in [-0.15, -0.1) is 0 Å². The fourth-order valence-electron chi connectivity index (χ4n) is 7.89. The molecule has 3 heteroatoms. The predicted molar refractivity (Wildman–Crippen MR) is 240 cm³/mol. The van der Waals surface area contributed by atoms with Crippen LogP contribution in [-0.2, 0) is 10.8 Å². The minimum absolute atomic E-state index is 0.00636. The lowest BCUT2D eigenvalue weighted by Crippen LogP contribution is -2.10. The Hall–Kier alpha value is -4.83. The summed E-state index contributed by atoms with van der Waals surface area (Å²) in [5.74, 6) is 0. The van der Waals surface area contributed by atoms with Gasteiger partial charge in [0.05, 0.1) is 0 Å². The summed E-state index contributed by atoms with van der Waals surface area (Å²) in [6, 6.07) is 52.0. The van der Waals surface area contributed by atoms with Crippen LogP contribution >= 0.6 is 31.9 Å². The molecule has 0 saturated heterocycles. The number of hydrogen-bond donors (Lipinski definition) is 0. The molecule has 8 rings (SSSR count). The Labute approximate surface area is 335 Å². The average Bonchev–Trinajstić information content (AvgIpc) is 3.27. The molecule has 0 amide bonds. The van der Waals surface area contributed by atoms with Crippen LogP contribution in [0.4, 0.5) is 0 Å². The topological polar surface area (TPSA) is 17.1 Å². The summed E-state index contributed by atoms with van der Waals surface area (Å²) in [5, 5.41) is 5.45. The van der Waals surface area contributed by atoms with Crippen LogP contribution in [0, 0.1) is 0 Å². The van der Waals surface area contributed by atoms with Gasteiger partial charge in [0.2, 0.25) is 0 Å². The molecule has 266 valence electrons. The van der Waals surface area contributed by atoms with Crippen LogP contribution in [-0.4, -0.2) is 0 Å². The minimum atomic E-state index is -0.00636. The van der Waals surface area contributed by atoms with Crippen molar-refractivity contribution in [1.29, 1.82) is 0 Å². The zero-order valence-electron chi connectivity index (χ0n) is 31.5. The molecule has 0 aliphatic carbocycles. The van der Waals surface area contributed by atoms with E-state index in [0.29, 0.717) is 10.8 Å². The third-order valence-corrected chi connectivity index (χ3v) is 11.8. The van der Waals surface area contributed by atoms with Crippen molar-refractivity contribution in [2.45, 2.75) is 52.4 Å². The molecule has 8 aromatic carbocycles. The number of benzene rings is 7. The normalized spacial score (nSPS) is 12.1. The van der Waals surface area contributed by atoms with Gasteiger partial charge in [0, 0.05) is 19.7 Å². The molecule has 0 saturated carbocycles. The number of rotatable bonds is 4. The highest BCUT2D eigenvalue weighted by atomic mass is 79.9. The summed E-state index contributed by atoms with van der Waals surface area (Å²) in [6.07, 6.45) is 0. The van der Waals surface area contributed by atoms with Crippen molar-refractivity contribution >= 4 is 64.2 Å². The minimum Gasteiger partial charge on any atom is -0.289 e. The van der Waals surface area contributed by atoms with Crippen LogP contribution in [0.25, 0.3) is 76.8 Å². The van der Waals surface area contributed by atoms with Gasteiger partial charge in [0.15, 0.2) is 5.43 Å². The fraction of sp³-hybridized carbons (Fsp3) is 0.157. The van der Waals surface area contributed by atoms with E-state index in [-0.39, 0.29) is 16.3 Å². The first-order valence-electron chi connectivity index (χ1n) is 18.5. The van der Waals surface area contributed by atoms with E-state index in [4.69, 9.17) is 0 Å². The first-order chi connectivity index (χ1) is 25.8. The van der Waals surface area contributed by atoms with Gasteiger partial charge in [-0.3, -0.25) is 4.79 Å². The van der Waals surface area contributed by atoms with Gasteiger partial charge in [-0.05, 0) is 112 Å². The Morgan fingerprint density at radius 2 is 0.630 bits per heavy atom. The predicted octanol–water partition coefficient (Wildman–Crippen LogP) is 15.3. The molecule has 8 aromatic rings. The van der Waals surface area contributed by atoms with Crippen LogP contribution in [0.3, 0.4) is 0 Å². The maximum Gasteiger partial charge on any atom is 0.194 e. The highest BCUT2D eigenvalue weighted by molar-refractivity contribution is 9.10. The maximum atomic E-state index is 14.8. The first kappa shape index (κ1) is 36.2. The summed E-state index contributed by atoms with van der Waals surface area (Å²) in [4.78, 5) is 14.8. The molecule has 0 aliphatic heterocycles. The van der Waals surface area contributed by atoms with Crippen LogP contribution in [0.15, 0.2) is 159 Å². The van der Waals surface area contributed by atoms with Crippen LogP contribution in [0.5, 0.6) is 0 Å². The summed E-state index contributed by atoms with van der Waals surface area (Å²) in [6.45, 7) is 13.5. The molecule has 0 unspecified atom stereocenters. The smallest absolute Gasteiger partial charge is 0.194 e. The van der Waals surface area contributed by atoms with Gasteiger partial charge >= 0.3 is 0 Å². The van der Waals surface area contributed by atoms with E-state index < -0.39 is 0 Å². The molecule has 0 heterocycles. The second kappa shape index (κ2) is 13.8. The highest BCUT2D eigenvalue weighted by Crippen LogP contribution is 2.53. The third kappa shape index (κ3) is 6.42. The van der Waals surface area contributed by atoms with E-state index in [1.807, 2.05) is 24.3 Å². The Kier molecular flexibility index (Phi) is 9.23. The van der Waals surface area contributed by atoms with Gasteiger partial charge in [0.25, 0.3) is 0 Å². The molecule has 0 spiro atoms. The fourth-order valence-corrected chi connectivity index (χ4v) is 8.42. The van der Waals surface area contributed by atoms with Crippen molar-refractivity contribution in [2.75, 3.05) is 0 Å². The lowest BCUT2D eigenvalue weighted by atomic mass is 9.77. The van der Waals surface area contributed by atoms with E-state index in [9.17, 15) is 4.79 Å². The second-order valence-corrected chi connectivity index (χ2v) is 18.2. The summed E-state index contributed by atoms with van der Waals surface area (Å²) in [5.41, 5.74) is 11.4. The van der Waals surface area contributed by atoms with Crippen molar-refractivity contribution < 1.29 is 0 Å². The number of fused-ring (bicyclic) bond motifs is 5. The summed E-state index contributed by atoms with van der Waals surface area (Å²) >= 11 is 7.45. The molecule has 0 fully saturated rings. The highest BCUT2D eigenvalue weighted by Gasteiger charge is 2.27. The van der Waals surface area contributed by atoms with E-state index in [1.54, 1.807) is 0 Å². The molecule has 0 aliphatic rings. The Morgan fingerprint density at radius 3 is 0.944 bits per heavy atom. The largest absolute Gasteiger partial charge is 0.289 e. The molecule has 54 heavy (non-hydrogen) atoms. The summed E-state index contributed by atoms with van der Waals surface area (Å²) in [7, 11) is 0. The van der Waals surface area contributed by atoms with E-state index in [0.717, 1.165) is 75.0 Å². The lowest BCUT2D eigenvalue weighted by molar-refractivity contribution is 0.590. The third-order valence-electron chi connectivity index (χ3n) is 10.7. The molecule has 1 nitrogen and oxygen atoms in total. The monoisotopic (exact) mass is 828 g/mol. The lowest BCUT2D eigenvalue weighted by Gasteiger charge is -2.26. The van der Waals surface area contributed by atoms with Crippen molar-refractivity contribution in [2.24, 2.45) is 0 Å². The maximum absolute atomic E-state index is 14.8. The molecular weight excluding hydrogens is 788 g/mol. The second-order valence-electron chi connectivity index (χ2n) is 16.3. The Bertz CT molecular complexity index is 2570. The van der Waals surface area contributed by atoms with Crippen molar-refractivity contribution in [3.05, 3.63) is 176 Å². The van der Waals surface area contributed by atoms with Crippen LogP contribution < -0.4 is 5.43 Å². The van der Waals surface area contributed by atoms with Gasteiger partial charge < -0.3 is 0 Å². The van der Waals surface area contributed by atoms with Crippen molar-refractivity contribution in [3.63, 3.8) is 0 Å². The number of hydrogen-bond acceptors (Lipinski definition) is 1. The van der Waals surface area contributed by atoms with Gasteiger partial charge in [-0.1, -0.05) is 195 Å². The van der Waals surface area contributed by atoms with E-state index in [1.165, 1.54) is 11.1 Å². The van der Waals surface area contributed by atoms with Crippen molar-refractivity contribution in [3.8, 4) is 44.5 Å². The molecule has 0 N–H and O–H groups in total. The van der Waals surface area contributed by atoms with E-state index in [2.05, 4.69) is 195 Å². The standard InChI is InChI=1S/C51H42Br2O/c1-50(2,3)35-23-15-31(16-24-35)45-43(33-19-27-37(52)28-20-33)44(34-21-29-38(53)30-22-34)46(32-17-25-36(26-18-32)51(4,5)6)48-40-12-8-10-14-42(40)49(54)41-13-9-7-11-39(41)47(45)48/h7-30H,1-6H3. The molecule has 0 atom stereocenters. The quantitative estimate of drug-likeness (QED) is 0.173. The van der Waals surface area contributed by atoms with Gasteiger partial charge in [-0.25, -0.2) is 0 Å². The van der Waals surface area contributed by atoms with Crippen LogP contribution in [0.2, 0.25) is 0 Å². The van der Waals surface area contributed by atoms with Gasteiger partial charge in [-0.2, -0.15) is 0 Å². The zero-order valence-corrected chi connectivity index (χ0v) is 34.7.